The molecule has 1 saturated carbocycles. The van der Waals surface area contributed by atoms with E-state index in [0.29, 0.717) is 16.7 Å². The maximum Gasteiger partial charge on any atom is 0.435 e. The van der Waals surface area contributed by atoms with E-state index in [1.807, 2.05) is 0 Å². The van der Waals surface area contributed by atoms with Crippen molar-refractivity contribution in [1.29, 1.82) is 5.26 Å². The fourth-order valence-electron chi connectivity index (χ4n) is 3.77. The summed E-state index contributed by atoms with van der Waals surface area (Å²) in [4.78, 5) is 17.5. The maximum absolute atomic E-state index is 14.2. The molecule has 5 nitrogen and oxygen atoms in total. The minimum absolute atomic E-state index is 0.00892. The van der Waals surface area contributed by atoms with E-state index < -0.39 is 45.0 Å². The van der Waals surface area contributed by atoms with Crippen LogP contribution >= 0.6 is 23.2 Å². The molecule has 0 radical (unpaired) electrons. The Kier molecular flexibility index (Phi) is 6.03. The maximum atomic E-state index is 14.2. The summed E-state index contributed by atoms with van der Waals surface area (Å²) in [5, 5.41) is 14.4. The summed E-state index contributed by atoms with van der Waals surface area (Å²) in [7, 11) is 0. The number of aryl methyl sites for hydroxylation is 1. The number of alkyl halides is 3. The lowest BCUT2D eigenvalue weighted by molar-refractivity contribution is -0.275. The average Bonchev–Trinajstić information content (AvgIpc) is 3.41. The highest BCUT2D eigenvalue weighted by atomic mass is 35.5. The van der Waals surface area contributed by atoms with Gasteiger partial charge in [0.25, 0.3) is 11.5 Å². The molecule has 34 heavy (non-hydrogen) atoms. The third kappa shape index (κ3) is 4.21. The van der Waals surface area contributed by atoms with Gasteiger partial charge in [0.05, 0.1) is 27.2 Å². The summed E-state index contributed by atoms with van der Waals surface area (Å²) in [5.41, 5.74) is -2.72. The zero-order valence-corrected chi connectivity index (χ0v) is 19.2. The van der Waals surface area contributed by atoms with Crippen molar-refractivity contribution in [2.45, 2.75) is 38.0 Å². The summed E-state index contributed by atoms with van der Waals surface area (Å²) in [6, 6.07) is 8.31. The molecule has 1 heterocycles. The summed E-state index contributed by atoms with van der Waals surface area (Å²) in [5.74, 6) is -1.41. The molecule has 1 amide bonds. The summed E-state index contributed by atoms with van der Waals surface area (Å²) < 4.78 is 56.3. The molecule has 11 heteroatoms. The minimum atomic E-state index is -4.92. The van der Waals surface area contributed by atoms with Crippen molar-refractivity contribution < 1.29 is 27.2 Å². The number of rotatable bonds is 5. The normalized spacial score (nSPS) is 20.8. The molecule has 0 unspecified atom stereocenters. The largest absolute Gasteiger partial charge is 0.435 e. The number of carbonyl (C=O) groups excluding carboxylic acids is 1. The Morgan fingerprint density at radius 1 is 1.24 bits per heavy atom. The number of hydrogen-bond acceptors (Lipinski definition) is 4. The van der Waals surface area contributed by atoms with Crippen LogP contribution < -0.4 is 5.32 Å². The quantitative estimate of drug-likeness (QED) is 0.390. The predicted octanol–water partition coefficient (Wildman–Crippen LogP) is 6.06. The van der Waals surface area contributed by atoms with Gasteiger partial charge in [0.15, 0.2) is 5.82 Å². The standard InChI is InChI=1S/C23H17Cl2F4N3O2/c1-12-6-13(2-3-15(12)20(33)31-11-21(10-30)4-5-21)18-9-22(34-32-18,23(27,28)29)14-7-16(24)19(26)17(25)8-14/h2-3,6-8H,4-5,9,11H2,1H3,(H,31,33)/t22-/m0/s1. The number of oxime groups is 1. The molecule has 1 atom stereocenters. The van der Waals surface area contributed by atoms with Gasteiger partial charge in [-0.15, -0.1) is 0 Å². The van der Waals surface area contributed by atoms with Crippen LogP contribution in [0.5, 0.6) is 0 Å². The molecular weight excluding hydrogens is 497 g/mol. The monoisotopic (exact) mass is 513 g/mol. The number of nitrogens with one attached hydrogen (secondary N) is 1. The van der Waals surface area contributed by atoms with E-state index in [1.54, 1.807) is 6.92 Å². The Bertz CT molecular complexity index is 1230. The number of carbonyl (C=O) groups is 1. The molecule has 2 aliphatic rings. The lowest BCUT2D eigenvalue weighted by Gasteiger charge is -2.29. The molecule has 0 saturated heterocycles. The SMILES string of the molecule is Cc1cc(C2=NO[C@@](c3cc(Cl)c(F)c(Cl)c3)(C(F)(F)F)C2)ccc1C(=O)NCC1(C#N)CC1. The highest BCUT2D eigenvalue weighted by molar-refractivity contribution is 6.35. The highest BCUT2D eigenvalue weighted by Gasteiger charge is 2.62. The molecule has 0 bridgehead atoms. The van der Waals surface area contributed by atoms with Gasteiger partial charge >= 0.3 is 6.18 Å². The summed E-state index contributed by atoms with van der Waals surface area (Å²) in [6.45, 7) is 1.88. The second-order valence-corrected chi connectivity index (χ2v) is 9.30. The first-order valence-corrected chi connectivity index (χ1v) is 10.9. The number of benzene rings is 2. The highest BCUT2D eigenvalue weighted by Crippen LogP contribution is 2.50. The zero-order valence-electron chi connectivity index (χ0n) is 17.7. The van der Waals surface area contributed by atoms with E-state index in [4.69, 9.17) is 33.3 Å². The smallest absolute Gasteiger partial charge is 0.374 e. The van der Waals surface area contributed by atoms with Gasteiger partial charge in [-0.25, -0.2) is 4.39 Å². The van der Waals surface area contributed by atoms with E-state index in [2.05, 4.69) is 16.5 Å². The number of nitrogens with zero attached hydrogens (tertiary/aromatic N) is 2. The van der Waals surface area contributed by atoms with Gasteiger partial charge in [-0.05, 0) is 55.2 Å². The lowest BCUT2D eigenvalue weighted by Crippen LogP contribution is -2.42. The van der Waals surface area contributed by atoms with Crippen LogP contribution in [0.15, 0.2) is 35.5 Å². The third-order valence-corrected chi connectivity index (χ3v) is 6.67. The van der Waals surface area contributed by atoms with E-state index in [1.165, 1.54) is 18.2 Å². The van der Waals surface area contributed by atoms with Gasteiger partial charge in [0.1, 0.15) is 0 Å². The fraction of sp³-hybridized carbons (Fsp3) is 0.348. The topological polar surface area (TPSA) is 74.5 Å². The number of nitriles is 1. The van der Waals surface area contributed by atoms with Gasteiger partial charge in [-0.1, -0.05) is 34.4 Å². The molecule has 2 aromatic carbocycles. The van der Waals surface area contributed by atoms with Crippen LogP contribution in [0.4, 0.5) is 17.6 Å². The Morgan fingerprint density at radius 3 is 2.41 bits per heavy atom. The summed E-state index contributed by atoms with van der Waals surface area (Å²) in [6.07, 6.45) is -4.17. The van der Waals surface area contributed by atoms with Crippen LogP contribution in [0.3, 0.4) is 0 Å². The van der Waals surface area contributed by atoms with Gasteiger partial charge in [-0.3, -0.25) is 4.79 Å². The van der Waals surface area contributed by atoms with Crippen LogP contribution in [-0.4, -0.2) is 24.3 Å². The van der Waals surface area contributed by atoms with Crippen molar-refractivity contribution >= 4 is 34.8 Å². The molecule has 1 fully saturated rings. The van der Waals surface area contributed by atoms with Gasteiger partial charge in [-0.2, -0.15) is 18.4 Å². The second-order valence-electron chi connectivity index (χ2n) is 8.49. The second kappa shape index (κ2) is 8.43. The Balaban J connectivity index is 1.58. The lowest BCUT2D eigenvalue weighted by atomic mass is 9.86. The van der Waals surface area contributed by atoms with Crippen molar-refractivity contribution in [3.8, 4) is 6.07 Å². The Hall–Kier alpha value is -2.83. The minimum Gasteiger partial charge on any atom is -0.374 e. The molecule has 0 spiro atoms. The van der Waals surface area contributed by atoms with E-state index in [-0.39, 0.29) is 18.2 Å². The van der Waals surface area contributed by atoms with Gasteiger partial charge < -0.3 is 10.2 Å². The molecule has 1 aliphatic carbocycles. The van der Waals surface area contributed by atoms with Crippen LogP contribution in [0.1, 0.15) is 46.3 Å². The number of halogens is 6. The molecule has 0 aromatic heterocycles. The van der Waals surface area contributed by atoms with Crippen molar-refractivity contribution in [2.75, 3.05) is 6.54 Å². The molecule has 1 aliphatic heterocycles. The molecule has 4 rings (SSSR count). The van der Waals surface area contributed by atoms with Crippen LogP contribution in [0.2, 0.25) is 10.0 Å². The first-order chi connectivity index (χ1) is 15.9. The summed E-state index contributed by atoms with van der Waals surface area (Å²) >= 11 is 11.4. The van der Waals surface area contributed by atoms with E-state index >= 15 is 0 Å². The fourth-order valence-corrected chi connectivity index (χ4v) is 4.26. The zero-order chi connectivity index (χ0) is 24.9. The average molecular weight is 514 g/mol. The van der Waals surface area contributed by atoms with Gasteiger partial charge in [0, 0.05) is 24.1 Å². The van der Waals surface area contributed by atoms with Crippen LogP contribution in [0, 0.1) is 29.5 Å². The van der Waals surface area contributed by atoms with Crippen LogP contribution in [-0.2, 0) is 10.4 Å². The van der Waals surface area contributed by atoms with Crippen molar-refractivity contribution in [3.63, 3.8) is 0 Å². The predicted molar refractivity (Wildman–Crippen MR) is 117 cm³/mol. The van der Waals surface area contributed by atoms with E-state index in [0.717, 1.165) is 25.0 Å². The molecular formula is C23H17Cl2F4N3O2. The van der Waals surface area contributed by atoms with Crippen molar-refractivity contribution in [3.05, 3.63) is 68.4 Å². The number of hydrogen-bond donors (Lipinski definition) is 1. The Labute approximate surface area is 202 Å². The molecule has 1 N–H and O–H groups in total. The first kappa shape index (κ1) is 24.3. The molecule has 178 valence electrons. The van der Waals surface area contributed by atoms with Crippen LogP contribution in [0.25, 0.3) is 0 Å². The van der Waals surface area contributed by atoms with Crippen molar-refractivity contribution in [1.82, 2.24) is 5.32 Å². The Morgan fingerprint density at radius 2 is 1.88 bits per heavy atom. The third-order valence-electron chi connectivity index (χ3n) is 6.12. The first-order valence-electron chi connectivity index (χ1n) is 10.2. The number of amides is 1. The van der Waals surface area contributed by atoms with E-state index in [9.17, 15) is 22.4 Å². The molecule has 2 aromatic rings. The van der Waals surface area contributed by atoms with Crippen molar-refractivity contribution in [2.24, 2.45) is 10.6 Å². The van der Waals surface area contributed by atoms with Gasteiger partial charge in [0.2, 0.25) is 0 Å².